The highest BCUT2D eigenvalue weighted by Crippen LogP contribution is 2.30. The average Bonchev–Trinajstić information content (AvgIpc) is 2.63. The second-order valence-corrected chi connectivity index (χ2v) is 5.72. The number of nitrogens with two attached hydrogens (primary N) is 1. The molecular formula is C22H17NO2. The van der Waals surface area contributed by atoms with E-state index in [1.807, 2.05) is 55.5 Å². The lowest BCUT2D eigenvalue weighted by atomic mass is 9.93. The summed E-state index contributed by atoms with van der Waals surface area (Å²) in [6.07, 6.45) is 0. The molecular weight excluding hydrogens is 310 g/mol. The maximum absolute atomic E-state index is 11.7. The summed E-state index contributed by atoms with van der Waals surface area (Å²) in [5.41, 5.74) is 10.7. The number of anilines is 1. The van der Waals surface area contributed by atoms with Crippen LogP contribution in [0.3, 0.4) is 0 Å². The van der Waals surface area contributed by atoms with Crippen LogP contribution in [0.1, 0.15) is 27.0 Å². The van der Waals surface area contributed by atoms with Gasteiger partial charge in [0.25, 0.3) is 0 Å². The molecule has 0 spiro atoms. The van der Waals surface area contributed by atoms with Crippen molar-refractivity contribution >= 4 is 11.7 Å². The number of aryl methyl sites for hydroxylation is 1. The van der Waals surface area contributed by atoms with Gasteiger partial charge in [-0.15, -0.1) is 0 Å². The molecule has 3 nitrogen and oxygen atoms in total. The molecule has 0 fully saturated rings. The van der Waals surface area contributed by atoms with Crippen molar-refractivity contribution in [1.82, 2.24) is 0 Å². The minimum Gasteiger partial charge on any atom is -0.478 e. The number of rotatable bonds is 2. The van der Waals surface area contributed by atoms with Crippen molar-refractivity contribution in [1.29, 1.82) is 0 Å². The molecule has 0 heterocycles. The molecule has 0 amide bonds. The number of benzene rings is 3. The molecule has 3 aromatic rings. The van der Waals surface area contributed by atoms with Gasteiger partial charge in [-0.05, 0) is 54.4 Å². The van der Waals surface area contributed by atoms with E-state index < -0.39 is 5.97 Å². The third-order valence-corrected chi connectivity index (χ3v) is 3.97. The summed E-state index contributed by atoms with van der Waals surface area (Å²) in [5.74, 6) is 5.23. The lowest BCUT2D eigenvalue weighted by molar-refractivity contribution is 0.0697. The predicted octanol–water partition coefficient (Wildman–Crippen LogP) is 4.34. The molecule has 0 bridgehead atoms. The van der Waals surface area contributed by atoms with Gasteiger partial charge in [0.1, 0.15) is 0 Å². The Balaban J connectivity index is 2.19. The van der Waals surface area contributed by atoms with Crippen LogP contribution in [0.25, 0.3) is 11.1 Å². The molecule has 0 radical (unpaired) electrons. The van der Waals surface area contributed by atoms with Crippen LogP contribution >= 0.6 is 0 Å². The lowest BCUT2D eigenvalue weighted by Gasteiger charge is -2.11. The van der Waals surface area contributed by atoms with E-state index in [1.54, 1.807) is 18.2 Å². The van der Waals surface area contributed by atoms with Crippen LogP contribution in [0, 0.1) is 18.8 Å². The van der Waals surface area contributed by atoms with Crippen molar-refractivity contribution < 1.29 is 9.90 Å². The van der Waals surface area contributed by atoms with Gasteiger partial charge in [0.15, 0.2) is 0 Å². The lowest BCUT2D eigenvalue weighted by Crippen LogP contribution is -2.02. The maximum Gasteiger partial charge on any atom is 0.336 e. The Kier molecular flexibility index (Phi) is 4.54. The molecule has 3 heteroatoms. The summed E-state index contributed by atoms with van der Waals surface area (Å²) in [5, 5.41) is 9.59. The highest BCUT2D eigenvalue weighted by Gasteiger charge is 2.15. The van der Waals surface area contributed by atoms with Gasteiger partial charge < -0.3 is 10.8 Å². The summed E-state index contributed by atoms with van der Waals surface area (Å²) < 4.78 is 0. The Morgan fingerprint density at radius 3 is 2.40 bits per heavy atom. The van der Waals surface area contributed by atoms with E-state index in [0.717, 1.165) is 16.7 Å². The zero-order valence-electron chi connectivity index (χ0n) is 13.8. The fourth-order valence-electron chi connectivity index (χ4n) is 2.64. The quantitative estimate of drug-likeness (QED) is 0.543. The van der Waals surface area contributed by atoms with Gasteiger partial charge in [-0.25, -0.2) is 4.79 Å². The third kappa shape index (κ3) is 3.54. The van der Waals surface area contributed by atoms with E-state index in [9.17, 15) is 9.90 Å². The minimum absolute atomic E-state index is 0.226. The minimum atomic E-state index is -0.979. The Bertz CT molecular complexity index is 996. The van der Waals surface area contributed by atoms with Crippen molar-refractivity contribution in [2.24, 2.45) is 0 Å². The van der Waals surface area contributed by atoms with E-state index in [1.165, 1.54) is 0 Å². The van der Waals surface area contributed by atoms with Crippen LogP contribution in [0.2, 0.25) is 0 Å². The van der Waals surface area contributed by atoms with Gasteiger partial charge in [-0.1, -0.05) is 42.2 Å². The number of carbonyl (C=O) groups is 1. The first-order valence-corrected chi connectivity index (χ1v) is 7.86. The average molecular weight is 327 g/mol. The molecule has 122 valence electrons. The molecule has 0 aliphatic heterocycles. The number of hydrogen-bond acceptors (Lipinski definition) is 2. The summed E-state index contributed by atoms with van der Waals surface area (Å²) in [6, 6.07) is 20.3. The molecule has 0 unspecified atom stereocenters. The van der Waals surface area contributed by atoms with E-state index in [-0.39, 0.29) is 5.56 Å². The number of carboxylic acids is 1. The van der Waals surface area contributed by atoms with Crippen LogP contribution < -0.4 is 5.73 Å². The first-order chi connectivity index (χ1) is 12.1. The largest absolute Gasteiger partial charge is 0.478 e. The maximum atomic E-state index is 11.7. The van der Waals surface area contributed by atoms with Crippen LogP contribution in [-0.2, 0) is 0 Å². The van der Waals surface area contributed by atoms with Crippen molar-refractivity contribution in [3.8, 4) is 23.0 Å². The van der Waals surface area contributed by atoms with Crippen molar-refractivity contribution in [2.75, 3.05) is 5.73 Å². The van der Waals surface area contributed by atoms with Crippen LogP contribution in [0.4, 0.5) is 5.69 Å². The Morgan fingerprint density at radius 1 is 0.960 bits per heavy atom. The van der Waals surface area contributed by atoms with E-state index in [2.05, 4.69) is 11.8 Å². The standard InChI is InChI=1S/C22H17NO2/c1-15-14-18(12-13-20(15)23)21-17(8-5-9-19(21)22(24)25)11-10-16-6-3-2-4-7-16/h2-9,12-14H,23H2,1H3,(H,24,25). The predicted molar refractivity (Wildman–Crippen MR) is 100 cm³/mol. The second-order valence-electron chi connectivity index (χ2n) is 5.72. The molecule has 0 saturated carbocycles. The van der Waals surface area contributed by atoms with Gasteiger partial charge in [-0.2, -0.15) is 0 Å². The fraction of sp³-hybridized carbons (Fsp3) is 0.0455. The number of aromatic carboxylic acids is 1. The SMILES string of the molecule is Cc1cc(-c2c(C#Cc3ccccc3)cccc2C(=O)O)ccc1N. The highest BCUT2D eigenvalue weighted by molar-refractivity contribution is 5.98. The van der Waals surface area contributed by atoms with Gasteiger partial charge in [0.05, 0.1) is 5.56 Å². The van der Waals surface area contributed by atoms with Crippen molar-refractivity contribution in [2.45, 2.75) is 6.92 Å². The molecule has 0 aliphatic carbocycles. The Labute approximate surface area is 146 Å². The zero-order valence-corrected chi connectivity index (χ0v) is 13.8. The van der Waals surface area contributed by atoms with Gasteiger partial charge >= 0.3 is 5.97 Å². The van der Waals surface area contributed by atoms with Crippen LogP contribution in [0.5, 0.6) is 0 Å². The smallest absolute Gasteiger partial charge is 0.336 e. The van der Waals surface area contributed by atoms with Crippen molar-refractivity contribution in [3.05, 3.63) is 89.0 Å². The molecule has 0 atom stereocenters. The fourth-order valence-corrected chi connectivity index (χ4v) is 2.64. The number of nitrogen functional groups attached to an aromatic ring is 1. The van der Waals surface area contributed by atoms with Crippen molar-refractivity contribution in [3.63, 3.8) is 0 Å². The van der Waals surface area contributed by atoms with Crippen LogP contribution in [-0.4, -0.2) is 11.1 Å². The highest BCUT2D eigenvalue weighted by atomic mass is 16.4. The summed E-state index contributed by atoms with van der Waals surface area (Å²) in [6.45, 7) is 1.90. The monoisotopic (exact) mass is 327 g/mol. The zero-order chi connectivity index (χ0) is 17.8. The number of carboxylic acid groups (broad SMARTS) is 1. The topological polar surface area (TPSA) is 63.3 Å². The molecule has 25 heavy (non-hydrogen) atoms. The molecule has 3 N–H and O–H groups in total. The Hall–Kier alpha value is -3.51. The summed E-state index contributed by atoms with van der Waals surface area (Å²) >= 11 is 0. The molecule has 0 aromatic heterocycles. The number of hydrogen-bond donors (Lipinski definition) is 2. The van der Waals surface area contributed by atoms with E-state index in [0.29, 0.717) is 16.8 Å². The Morgan fingerprint density at radius 2 is 1.72 bits per heavy atom. The van der Waals surface area contributed by atoms with E-state index in [4.69, 9.17) is 5.73 Å². The second kappa shape index (κ2) is 6.94. The first-order valence-electron chi connectivity index (χ1n) is 7.86. The van der Waals surface area contributed by atoms with Gasteiger partial charge in [0.2, 0.25) is 0 Å². The third-order valence-electron chi connectivity index (χ3n) is 3.97. The van der Waals surface area contributed by atoms with Crippen LogP contribution in [0.15, 0.2) is 66.7 Å². The molecule has 3 aromatic carbocycles. The molecule has 3 rings (SSSR count). The molecule has 0 aliphatic rings. The van der Waals surface area contributed by atoms with Gasteiger partial charge in [0, 0.05) is 22.4 Å². The molecule has 0 saturated heterocycles. The summed E-state index contributed by atoms with van der Waals surface area (Å²) in [4.78, 5) is 11.7. The van der Waals surface area contributed by atoms with Gasteiger partial charge in [-0.3, -0.25) is 0 Å². The van der Waals surface area contributed by atoms with E-state index >= 15 is 0 Å². The normalized spacial score (nSPS) is 9.96. The first kappa shape index (κ1) is 16.4. The summed E-state index contributed by atoms with van der Waals surface area (Å²) in [7, 11) is 0.